The molecule has 0 radical (unpaired) electrons. The second-order valence-corrected chi connectivity index (χ2v) is 8.21. The summed E-state index contributed by atoms with van der Waals surface area (Å²) in [6.07, 6.45) is 5.03. The molecule has 2 aromatic carbocycles. The zero-order chi connectivity index (χ0) is 24.5. The van der Waals surface area contributed by atoms with E-state index in [1.54, 1.807) is 32.4 Å². The minimum Gasteiger partial charge on any atom is -0.493 e. The van der Waals surface area contributed by atoms with Gasteiger partial charge in [-0.1, -0.05) is 31.2 Å². The minimum absolute atomic E-state index is 0.00976. The molecule has 0 bridgehead atoms. The highest BCUT2D eigenvalue weighted by Gasteiger charge is 2.22. The predicted octanol–water partition coefficient (Wildman–Crippen LogP) is 4.31. The van der Waals surface area contributed by atoms with Gasteiger partial charge in [-0.3, -0.25) is 9.59 Å². The molecular formula is C27H34N2O5. The third-order valence-electron chi connectivity index (χ3n) is 6.00. The van der Waals surface area contributed by atoms with Gasteiger partial charge in [-0.05, 0) is 43.9 Å². The van der Waals surface area contributed by atoms with Crippen molar-refractivity contribution >= 4 is 11.8 Å². The highest BCUT2D eigenvalue weighted by atomic mass is 16.5. The number of methoxy groups -OCH3 is 2. The zero-order valence-corrected chi connectivity index (χ0v) is 20.3. The van der Waals surface area contributed by atoms with Crippen molar-refractivity contribution in [1.29, 1.82) is 0 Å². The molecule has 1 aliphatic rings. The third kappa shape index (κ3) is 5.90. The summed E-state index contributed by atoms with van der Waals surface area (Å²) in [7, 11) is 3.12. The van der Waals surface area contributed by atoms with Crippen molar-refractivity contribution in [2.24, 2.45) is 0 Å². The molecule has 0 saturated carbocycles. The van der Waals surface area contributed by atoms with E-state index in [0.29, 0.717) is 35.7 Å². The van der Waals surface area contributed by atoms with Gasteiger partial charge in [0.1, 0.15) is 5.75 Å². The second-order valence-electron chi connectivity index (χ2n) is 8.21. The van der Waals surface area contributed by atoms with Crippen LogP contribution in [0.2, 0.25) is 0 Å². The Morgan fingerprint density at radius 3 is 2.50 bits per heavy atom. The van der Waals surface area contributed by atoms with E-state index in [0.717, 1.165) is 37.1 Å². The van der Waals surface area contributed by atoms with Crippen molar-refractivity contribution in [2.75, 3.05) is 33.9 Å². The zero-order valence-electron chi connectivity index (χ0n) is 20.3. The number of hydrogen-bond donors (Lipinski definition) is 1. The van der Waals surface area contributed by atoms with Crippen LogP contribution in [0.3, 0.4) is 0 Å². The van der Waals surface area contributed by atoms with Crippen LogP contribution in [0.1, 0.15) is 53.7 Å². The first-order chi connectivity index (χ1) is 16.5. The summed E-state index contributed by atoms with van der Waals surface area (Å²) in [5.41, 5.74) is 2.12. The first kappa shape index (κ1) is 25.1. The number of nitrogens with one attached hydrogen (secondary N) is 1. The topological polar surface area (TPSA) is 77.1 Å². The maximum absolute atomic E-state index is 13.2. The van der Waals surface area contributed by atoms with Gasteiger partial charge in [0.15, 0.2) is 18.1 Å². The summed E-state index contributed by atoms with van der Waals surface area (Å²) < 4.78 is 16.8. The molecule has 3 rings (SSSR count). The Kier molecular flexibility index (Phi) is 8.96. The summed E-state index contributed by atoms with van der Waals surface area (Å²) in [6.45, 7) is 7.35. The lowest BCUT2D eigenvalue weighted by atomic mass is 10.0. The molecule has 0 aromatic heterocycles. The molecule has 1 saturated heterocycles. The highest BCUT2D eigenvalue weighted by molar-refractivity contribution is 5.95. The molecule has 0 spiro atoms. The molecule has 7 heteroatoms. The van der Waals surface area contributed by atoms with E-state index in [1.807, 2.05) is 36.1 Å². The van der Waals surface area contributed by atoms with Crippen LogP contribution in [0.5, 0.6) is 17.2 Å². The summed E-state index contributed by atoms with van der Waals surface area (Å²) in [4.78, 5) is 27.5. The molecule has 1 fully saturated rings. The predicted molar refractivity (Wildman–Crippen MR) is 132 cm³/mol. The number of nitrogens with zero attached hydrogens (tertiary/aromatic N) is 1. The molecule has 1 atom stereocenters. The largest absolute Gasteiger partial charge is 0.493 e. The maximum atomic E-state index is 13.2. The molecule has 1 unspecified atom stereocenters. The van der Waals surface area contributed by atoms with Crippen LogP contribution in [0, 0.1) is 0 Å². The number of likely N-dealkylation sites (tertiary alicyclic amines) is 1. The van der Waals surface area contributed by atoms with Gasteiger partial charge < -0.3 is 24.4 Å². The van der Waals surface area contributed by atoms with Crippen molar-refractivity contribution in [2.45, 2.75) is 38.6 Å². The number of carbonyl (C=O) groups excluding carboxylic acids is 2. The SMILES string of the molecule is C=CCc1cc(C(=O)NC(CC)c2ccccc2OCC(=O)N2CCCC2)cc(OC)c1OC. The van der Waals surface area contributed by atoms with Crippen LogP contribution in [0.25, 0.3) is 0 Å². The monoisotopic (exact) mass is 466 g/mol. The van der Waals surface area contributed by atoms with Gasteiger partial charge in [0, 0.05) is 29.8 Å². The van der Waals surface area contributed by atoms with Crippen molar-refractivity contribution in [3.63, 3.8) is 0 Å². The Bertz CT molecular complexity index is 1010. The number of benzene rings is 2. The molecule has 2 amide bonds. The fourth-order valence-electron chi connectivity index (χ4n) is 4.22. The Labute approximate surface area is 201 Å². The smallest absolute Gasteiger partial charge is 0.260 e. The van der Waals surface area contributed by atoms with E-state index in [-0.39, 0.29) is 24.5 Å². The maximum Gasteiger partial charge on any atom is 0.260 e. The lowest BCUT2D eigenvalue weighted by Gasteiger charge is -2.22. The van der Waals surface area contributed by atoms with E-state index in [9.17, 15) is 9.59 Å². The summed E-state index contributed by atoms with van der Waals surface area (Å²) in [6, 6.07) is 10.7. The van der Waals surface area contributed by atoms with Gasteiger partial charge in [0.05, 0.1) is 20.3 Å². The van der Waals surface area contributed by atoms with Crippen molar-refractivity contribution in [1.82, 2.24) is 10.2 Å². The van der Waals surface area contributed by atoms with Crippen molar-refractivity contribution in [3.8, 4) is 17.2 Å². The first-order valence-electron chi connectivity index (χ1n) is 11.7. The fourth-order valence-corrected chi connectivity index (χ4v) is 4.22. The number of ether oxygens (including phenoxy) is 3. The van der Waals surface area contributed by atoms with Gasteiger partial charge in [-0.2, -0.15) is 0 Å². The Balaban J connectivity index is 1.78. The van der Waals surface area contributed by atoms with E-state index in [1.165, 1.54) is 0 Å². The van der Waals surface area contributed by atoms with E-state index in [2.05, 4.69) is 11.9 Å². The Morgan fingerprint density at radius 2 is 1.85 bits per heavy atom. The molecule has 1 aliphatic heterocycles. The van der Waals surface area contributed by atoms with Crippen molar-refractivity contribution in [3.05, 3.63) is 65.7 Å². The molecular weight excluding hydrogens is 432 g/mol. The van der Waals surface area contributed by atoms with Gasteiger partial charge in [0.25, 0.3) is 11.8 Å². The molecule has 1 heterocycles. The summed E-state index contributed by atoms with van der Waals surface area (Å²) in [5.74, 6) is 1.43. The second kappa shape index (κ2) is 12.1. The molecule has 0 aliphatic carbocycles. The summed E-state index contributed by atoms with van der Waals surface area (Å²) in [5, 5.41) is 3.10. The molecule has 1 N–H and O–H groups in total. The molecule has 34 heavy (non-hydrogen) atoms. The lowest BCUT2D eigenvalue weighted by molar-refractivity contribution is -0.132. The molecule has 7 nitrogen and oxygen atoms in total. The number of amides is 2. The van der Waals surface area contributed by atoms with E-state index >= 15 is 0 Å². The first-order valence-corrected chi connectivity index (χ1v) is 11.7. The van der Waals surface area contributed by atoms with Gasteiger partial charge in [0.2, 0.25) is 0 Å². The average molecular weight is 467 g/mol. The van der Waals surface area contributed by atoms with Crippen LogP contribution in [-0.2, 0) is 11.2 Å². The number of carbonyl (C=O) groups is 2. The normalized spacial score (nSPS) is 13.8. The number of rotatable bonds is 11. The standard InChI is InChI=1S/C27H34N2O5/c1-5-11-19-16-20(17-24(32-3)26(19)33-4)27(31)28-22(6-2)21-12-7-8-13-23(21)34-18-25(30)29-14-9-10-15-29/h5,7-8,12-13,16-17,22H,1,6,9-11,14-15,18H2,2-4H3,(H,28,31). The number of para-hydroxylation sites is 1. The van der Waals surface area contributed by atoms with Crippen LogP contribution >= 0.6 is 0 Å². The molecule has 182 valence electrons. The summed E-state index contributed by atoms with van der Waals surface area (Å²) >= 11 is 0. The van der Waals surface area contributed by atoms with Crippen molar-refractivity contribution < 1.29 is 23.8 Å². The fraction of sp³-hybridized carbons (Fsp3) is 0.407. The van der Waals surface area contributed by atoms with Gasteiger partial charge in [-0.25, -0.2) is 0 Å². The van der Waals surface area contributed by atoms with Gasteiger partial charge >= 0.3 is 0 Å². The van der Waals surface area contributed by atoms with E-state index < -0.39 is 0 Å². The number of allylic oxidation sites excluding steroid dienone is 1. The highest BCUT2D eigenvalue weighted by Crippen LogP contribution is 2.34. The lowest BCUT2D eigenvalue weighted by Crippen LogP contribution is -2.32. The third-order valence-corrected chi connectivity index (χ3v) is 6.00. The number of hydrogen-bond acceptors (Lipinski definition) is 5. The minimum atomic E-state index is -0.290. The van der Waals surface area contributed by atoms with Crippen LogP contribution in [-0.4, -0.2) is 50.6 Å². The van der Waals surface area contributed by atoms with Crippen LogP contribution in [0.4, 0.5) is 0 Å². The quantitative estimate of drug-likeness (QED) is 0.499. The molecule has 2 aromatic rings. The van der Waals surface area contributed by atoms with Gasteiger partial charge in [-0.15, -0.1) is 6.58 Å². The average Bonchev–Trinajstić information content (AvgIpc) is 3.41. The van der Waals surface area contributed by atoms with Crippen LogP contribution in [0.15, 0.2) is 49.1 Å². The Morgan fingerprint density at radius 1 is 1.12 bits per heavy atom. The van der Waals surface area contributed by atoms with E-state index in [4.69, 9.17) is 14.2 Å². The Hall–Kier alpha value is -3.48. The van der Waals surface area contributed by atoms with Crippen LogP contribution < -0.4 is 19.5 Å².